The molecule has 0 radical (unpaired) electrons. The van der Waals surface area contributed by atoms with Crippen molar-refractivity contribution in [2.45, 2.75) is 31.8 Å². The van der Waals surface area contributed by atoms with Gasteiger partial charge >= 0.3 is 11.9 Å². The van der Waals surface area contributed by atoms with E-state index in [4.69, 9.17) is 18.9 Å². The molecule has 0 saturated carbocycles. The van der Waals surface area contributed by atoms with Gasteiger partial charge in [-0.15, -0.1) is 0 Å². The highest BCUT2D eigenvalue weighted by Gasteiger charge is 2.64. The molecule has 1 heterocycles. The number of benzene rings is 2. The Kier molecular flexibility index (Phi) is 5.30. The number of carbonyl (C=O) groups is 2. The third kappa shape index (κ3) is 3.34. The predicted octanol–water partition coefficient (Wildman–Crippen LogP) is 3.17. The fraction of sp³-hybridized carbons (Fsp3) is 0.333. The summed E-state index contributed by atoms with van der Waals surface area (Å²) in [5.41, 5.74) is 1.36. The number of carbonyl (C=O) groups excluding carboxylic acids is 2. The van der Waals surface area contributed by atoms with E-state index in [1.807, 2.05) is 50.2 Å². The van der Waals surface area contributed by atoms with Crippen molar-refractivity contribution in [1.82, 2.24) is 0 Å². The third-order valence-corrected chi connectivity index (χ3v) is 4.63. The smallest absolute Gasteiger partial charge is 0.353 e. The van der Waals surface area contributed by atoms with E-state index >= 15 is 0 Å². The first-order valence-corrected chi connectivity index (χ1v) is 8.55. The molecule has 142 valence electrons. The van der Waals surface area contributed by atoms with E-state index in [9.17, 15) is 9.59 Å². The molecule has 3 rings (SSSR count). The molecule has 27 heavy (non-hydrogen) atoms. The van der Waals surface area contributed by atoms with Crippen LogP contribution in [0.5, 0.6) is 0 Å². The number of rotatable bonds is 4. The highest BCUT2D eigenvalue weighted by molar-refractivity contribution is 6.05. The highest BCUT2D eigenvalue weighted by atomic mass is 16.8. The molecular weight excluding hydrogens is 348 g/mol. The summed E-state index contributed by atoms with van der Waals surface area (Å²) in [4.78, 5) is 25.4. The fourth-order valence-corrected chi connectivity index (χ4v) is 3.10. The zero-order valence-corrected chi connectivity index (χ0v) is 15.7. The van der Waals surface area contributed by atoms with Crippen molar-refractivity contribution in [2.75, 3.05) is 14.2 Å². The molecular formula is C21H22O6. The van der Waals surface area contributed by atoms with Gasteiger partial charge in [0.05, 0.1) is 14.2 Å². The summed E-state index contributed by atoms with van der Waals surface area (Å²) in [5, 5.41) is 0. The maximum atomic E-state index is 12.7. The summed E-state index contributed by atoms with van der Waals surface area (Å²) in [6, 6.07) is 14.8. The summed E-state index contributed by atoms with van der Waals surface area (Å²) in [6.07, 6.45) is -1.93. The Bertz CT molecular complexity index is 809. The summed E-state index contributed by atoms with van der Waals surface area (Å²) in [5.74, 6) is -1.73. The summed E-state index contributed by atoms with van der Waals surface area (Å²) in [7, 11) is 2.39. The van der Waals surface area contributed by atoms with Gasteiger partial charge in [-0.1, -0.05) is 59.7 Å². The van der Waals surface area contributed by atoms with Gasteiger partial charge in [0.2, 0.25) is 0 Å². The molecule has 1 fully saturated rings. The Labute approximate surface area is 158 Å². The molecule has 1 aliphatic rings. The summed E-state index contributed by atoms with van der Waals surface area (Å²) < 4.78 is 21.7. The van der Waals surface area contributed by atoms with Crippen LogP contribution in [0.25, 0.3) is 0 Å². The van der Waals surface area contributed by atoms with Crippen molar-refractivity contribution < 1.29 is 28.5 Å². The van der Waals surface area contributed by atoms with Gasteiger partial charge in [-0.2, -0.15) is 0 Å². The van der Waals surface area contributed by atoms with Crippen LogP contribution in [0.4, 0.5) is 0 Å². The molecule has 6 nitrogen and oxygen atoms in total. The minimum Gasteiger partial charge on any atom is -0.466 e. The van der Waals surface area contributed by atoms with Gasteiger partial charge < -0.3 is 18.9 Å². The Morgan fingerprint density at radius 3 is 1.70 bits per heavy atom. The van der Waals surface area contributed by atoms with Crippen LogP contribution in [0.3, 0.4) is 0 Å². The van der Waals surface area contributed by atoms with Gasteiger partial charge in [-0.3, -0.25) is 0 Å². The Balaban J connectivity index is 2.10. The largest absolute Gasteiger partial charge is 0.466 e. The van der Waals surface area contributed by atoms with Gasteiger partial charge in [0, 0.05) is 5.56 Å². The van der Waals surface area contributed by atoms with E-state index in [2.05, 4.69) is 0 Å². The van der Waals surface area contributed by atoms with Crippen molar-refractivity contribution in [2.24, 2.45) is 0 Å². The number of esters is 2. The van der Waals surface area contributed by atoms with Crippen LogP contribution < -0.4 is 0 Å². The van der Waals surface area contributed by atoms with Gasteiger partial charge in [-0.05, 0) is 19.4 Å². The lowest BCUT2D eigenvalue weighted by molar-refractivity contribution is -0.188. The van der Waals surface area contributed by atoms with Crippen molar-refractivity contribution in [3.8, 4) is 0 Å². The molecule has 0 amide bonds. The lowest BCUT2D eigenvalue weighted by Crippen LogP contribution is -2.52. The van der Waals surface area contributed by atoms with Crippen LogP contribution in [0.15, 0.2) is 48.5 Å². The van der Waals surface area contributed by atoms with Crippen LogP contribution >= 0.6 is 0 Å². The number of aryl methyl sites for hydroxylation is 2. The van der Waals surface area contributed by atoms with E-state index in [1.54, 1.807) is 12.1 Å². The number of methoxy groups -OCH3 is 2. The van der Waals surface area contributed by atoms with Crippen LogP contribution in [-0.4, -0.2) is 31.8 Å². The zero-order chi connectivity index (χ0) is 19.6. The van der Waals surface area contributed by atoms with Crippen molar-refractivity contribution in [3.63, 3.8) is 0 Å². The second-order valence-corrected chi connectivity index (χ2v) is 6.51. The summed E-state index contributed by atoms with van der Waals surface area (Å²) in [6.45, 7) is 3.90. The third-order valence-electron chi connectivity index (χ3n) is 4.63. The standard InChI is InChI=1S/C21H22O6/c1-13-5-9-15(10-6-13)17-21(19(22)24-3,20(23)25-4)27-18(26-17)16-11-7-14(2)8-12-16/h5-12,17-18H,1-4H3/t17-,18+/m0/s1. The van der Waals surface area contributed by atoms with Crippen molar-refractivity contribution in [3.05, 3.63) is 70.8 Å². The van der Waals surface area contributed by atoms with E-state index < -0.39 is 29.9 Å². The zero-order valence-electron chi connectivity index (χ0n) is 15.7. The lowest BCUT2D eigenvalue weighted by atomic mass is 9.90. The lowest BCUT2D eigenvalue weighted by Gasteiger charge is -2.27. The number of ether oxygens (including phenoxy) is 4. The fourth-order valence-electron chi connectivity index (χ4n) is 3.10. The first-order chi connectivity index (χ1) is 12.9. The molecule has 1 saturated heterocycles. The topological polar surface area (TPSA) is 71.1 Å². The van der Waals surface area contributed by atoms with Crippen LogP contribution in [-0.2, 0) is 28.5 Å². The van der Waals surface area contributed by atoms with Crippen molar-refractivity contribution in [1.29, 1.82) is 0 Å². The SMILES string of the molecule is COC(=O)C1(C(=O)OC)O[C@H](c2ccc(C)cc2)O[C@H]1c1ccc(C)cc1. The van der Waals surface area contributed by atoms with Gasteiger partial charge in [0.15, 0.2) is 6.29 Å². The second kappa shape index (κ2) is 7.50. The van der Waals surface area contributed by atoms with Gasteiger partial charge in [-0.25, -0.2) is 9.59 Å². The molecule has 0 unspecified atom stereocenters. The second-order valence-electron chi connectivity index (χ2n) is 6.51. The molecule has 0 bridgehead atoms. The number of hydrogen-bond donors (Lipinski definition) is 0. The molecule has 6 heteroatoms. The maximum absolute atomic E-state index is 12.7. The van der Waals surface area contributed by atoms with E-state index in [0.717, 1.165) is 11.1 Å². The first-order valence-electron chi connectivity index (χ1n) is 8.55. The predicted molar refractivity (Wildman–Crippen MR) is 96.8 cm³/mol. The molecule has 2 atom stereocenters. The Morgan fingerprint density at radius 2 is 1.26 bits per heavy atom. The van der Waals surface area contributed by atoms with E-state index in [-0.39, 0.29) is 0 Å². The molecule has 0 aromatic heterocycles. The van der Waals surface area contributed by atoms with Crippen molar-refractivity contribution >= 4 is 11.9 Å². The van der Waals surface area contributed by atoms with Crippen LogP contribution in [0.2, 0.25) is 0 Å². The molecule has 0 N–H and O–H groups in total. The monoisotopic (exact) mass is 370 g/mol. The van der Waals surface area contributed by atoms with E-state index in [1.165, 1.54) is 14.2 Å². The minimum atomic E-state index is -2.05. The highest BCUT2D eigenvalue weighted by Crippen LogP contribution is 2.48. The van der Waals surface area contributed by atoms with Crippen LogP contribution in [0.1, 0.15) is 34.6 Å². The van der Waals surface area contributed by atoms with E-state index in [0.29, 0.717) is 11.1 Å². The normalized spacial score (nSPS) is 20.9. The average Bonchev–Trinajstić information content (AvgIpc) is 3.09. The quantitative estimate of drug-likeness (QED) is 0.608. The molecule has 2 aromatic rings. The Hall–Kier alpha value is -2.70. The molecule has 0 aliphatic carbocycles. The molecule has 2 aromatic carbocycles. The minimum absolute atomic E-state index is 0.617. The number of hydrogen-bond acceptors (Lipinski definition) is 6. The Morgan fingerprint density at radius 1 is 0.815 bits per heavy atom. The molecule has 1 aliphatic heterocycles. The maximum Gasteiger partial charge on any atom is 0.353 e. The first kappa shape index (κ1) is 19.1. The molecule has 0 spiro atoms. The van der Waals surface area contributed by atoms with Gasteiger partial charge in [0.25, 0.3) is 5.60 Å². The average molecular weight is 370 g/mol. The van der Waals surface area contributed by atoms with Crippen LogP contribution in [0, 0.1) is 13.8 Å². The summed E-state index contributed by atoms with van der Waals surface area (Å²) >= 11 is 0. The van der Waals surface area contributed by atoms with Gasteiger partial charge in [0.1, 0.15) is 6.10 Å².